The maximum Gasteiger partial charge on any atom is 0.254 e. The van der Waals surface area contributed by atoms with Crippen LogP contribution in [0.15, 0.2) is 121 Å². The number of aliphatic hydroxyl groups is 2. The number of hydrogen-bond acceptors (Lipinski definition) is 8. The van der Waals surface area contributed by atoms with E-state index in [9.17, 15) is 15.0 Å². The van der Waals surface area contributed by atoms with E-state index in [1.54, 1.807) is 4.90 Å². The van der Waals surface area contributed by atoms with Crippen LogP contribution in [0.2, 0.25) is 0 Å². The van der Waals surface area contributed by atoms with Crippen molar-refractivity contribution in [1.29, 1.82) is 0 Å². The second-order valence-electron chi connectivity index (χ2n) is 12.6. The zero-order valence-electron chi connectivity index (χ0n) is 28.2. The molecule has 4 atom stereocenters. The monoisotopic (exact) mass is 668 g/mol. The molecule has 49 heavy (non-hydrogen) atoms. The number of benzene rings is 4. The van der Waals surface area contributed by atoms with Crippen LogP contribution in [-0.4, -0.2) is 96.3 Å². The van der Waals surface area contributed by atoms with Gasteiger partial charge in [-0.2, -0.15) is 0 Å². The van der Waals surface area contributed by atoms with Crippen molar-refractivity contribution in [1.82, 2.24) is 9.80 Å². The fraction of sp³-hybridized carbons (Fsp3) is 0.375. The Hall–Kier alpha value is -3.93. The Morgan fingerprint density at radius 1 is 0.653 bits per heavy atom. The van der Waals surface area contributed by atoms with E-state index in [0.717, 1.165) is 22.3 Å². The van der Waals surface area contributed by atoms with Crippen LogP contribution in [0.4, 0.5) is 0 Å². The Balaban J connectivity index is 1.51. The molecule has 1 aliphatic rings. The average Bonchev–Trinajstić information content (AvgIpc) is 3.15. The number of likely N-dealkylation sites (N-methyl/N-ethyl adjacent to an activating group) is 1. The van der Waals surface area contributed by atoms with Crippen molar-refractivity contribution in [3.05, 3.63) is 144 Å². The third-order valence-corrected chi connectivity index (χ3v) is 8.75. The van der Waals surface area contributed by atoms with Crippen LogP contribution in [0.3, 0.4) is 0 Å². The molecule has 4 aromatic rings. The minimum Gasteiger partial charge on any atom is -0.393 e. The highest BCUT2D eigenvalue weighted by Gasteiger charge is 2.49. The number of aliphatic hydroxyl groups excluding tert-OH is 1. The summed E-state index contributed by atoms with van der Waals surface area (Å²) in [6.45, 7) is 2.02. The van der Waals surface area contributed by atoms with Crippen LogP contribution in [0.1, 0.15) is 22.3 Å². The van der Waals surface area contributed by atoms with Crippen molar-refractivity contribution in [2.75, 3.05) is 46.4 Å². The van der Waals surface area contributed by atoms with Gasteiger partial charge in [0.15, 0.2) is 6.10 Å². The summed E-state index contributed by atoms with van der Waals surface area (Å²) in [5.41, 5.74) is 1.55. The molecular formula is C40H48N2O7. The predicted octanol–water partition coefficient (Wildman–Crippen LogP) is 4.46. The maximum absolute atomic E-state index is 14.5. The molecule has 1 fully saturated rings. The van der Waals surface area contributed by atoms with Gasteiger partial charge in [0, 0.05) is 26.2 Å². The molecule has 2 N–H and O–H groups in total. The second kappa shape index (κ2) is 18.7. The highest BCUT2D eigenvalue weighted by atomic mass is 16.6. The van der Waals surface area contributed by atoms with Crippen LogP contribution in [0.5, 0.6) is 0 Å². The maximum atomic E-state index is 14.5. The van der Waals surface area contributed by atoms with E-state index in [1.807, 2.05) is 128 Å². The lowest BCUT2D eigenvalue weighted by molar-refractivity contribution is -0.233. The number of nitrogens with zero attached hydrogens (tertiary/aromatic N) is 2. The van der Waals surface area contributed by atoms with Crippen LogP contribution in [0, 0.1) is 0 Å². The largest absolute Gasteiger partial charge is 0.393 e. The molecular weight excluding hydrogens is 620 g/mol. The first-order chi connectivity index (χ1) is 23.9. The Kier molecular flexibility index (Phi) is 13.9. The van der Waals surface area contributed by atoms with Crippen LogP contribution in [-0.2, 0) is 50.2 Å². The van der Waals surface area contributed by atoms with E-state index >= 15 is 0 Å². The summed E-state index contributed by atoms with van der Waals surface area (Å²) in [5, 5.41) is 23.2. The zero-order valence-corrected chi connectivity index (χ0v) is 28.2. The fourth-order valence-electron chi connectivity index (χ4n) is 5.83. The average molecular weight is 669 g/mol. The van der Waals surface area contributed by atoms with E-state index in [2.05, 4.69) is 4.90 Å². The van der Waals surface area contributed by atoms with E-state index < -0.39 is 30.5 Å². The highest BCUT2D eigenvalue weighted by Crippen LogP contribution is 2.28. The van der Waals surface area contributed by atoms with Gasteiger partial charge >= 0.3 is 0 Å². The molecule has 0 aromatic heterocycles. The lowest BCUT2D eigenvalue weighted by Crippen LogP contribution is -2.63. The van der Waals surface area contributed by atoms with Crippen molar-refractivity contribution in [3.8, 4) is 0 Å². The predicted molar refractivity (Wildman–Crippen MR) is 187 cm³/mol. The summed E-state index contributed by atoms with van der Waals surface area (Å²) in [7, 11) is 2.03. The van der Waals surface area contributed by atoms with Crippen molar-refractivity contribution in [2.45, 2.75) is 50.3 Å². The van der Waals surface area contributed by atoms with Crippen molar-refractivity contribution in [3.63, 3.8) is 0 Å². The topological polar surface area (TPSA) is 101 Å². The SMILES string of the molecule is CN1CCN(C(=O)[C@H](OCc2ccccc2)[C@@H](OCc2ccccc2)[C@H](OCc2ccccc2)[C@](O)(CO)COCc2ccccc2)CC1. The van der Waals surface area contributed by atoms with Gasteiger partial charge in [-0.25, -0.2) is 0 Å². The first-order valence-electron chi connectivity index (χ1n) is 16.8. The van der Waals surface area contributed by atoms with Gasteiger partial charge < -0.3 is 39.0 Å². The van der Waals surface area contributed by atoms with E-state index in [-0.39, 0.29) is 38.9 Å². The molecule has 0 unspecified atom stereocenters. The number of amides is 1. The molecule has 0 saturated carbocycles. The summed E-state index contributed by atoms with van der Waals surface area (Å²) in [6.07, 6.45) is -3.56. The molecule has 0 bridgehead atoms. The number of ether oxygens (including phenoxy) is 4. The van der Waals surface area contributed by atoms with Gasteiger partial charge in [-0.15, -0.1) is 0 Å². The Labute approximate surface area is 289 Å². The molecule has 9 heteroatoms. The fourth-order valence-corrected chi connectivity index (χ4v) is 5.83. The molecule has 0 radical (unpaired) electrons. The summed E-state index contributed by atoms with van der Waals surface area (Å²) >= 11 is 0. The quantitative estimate of drug-likeness (QED) is 0.161. The molecule has 4 aromatic carbocycles. The third kappa shape index (κ3) is 10.8. The Bertz CT molecular complexity index is 1510. The van der Waals surface area contributed by atoms with Gasteiger partial charge in [0.25, 0.3) is 5.91 Å². The number of piperazine rings is 1. The normalized spacial score (nSPS) is 16.8. The lowest BCUT2D eigenvalue weighted by Gasteiger charge is -2.43. The molecule has 5 rings (SSSR count). The van der Waals surface area contributed by atoms with Gasteiger partial charge in [-0.05, 0) is 29.3 Å². The first-order valence-corrected chi connectivity index (χ1v) is 16.8. The molecule has 0 aliphatic carbocycles. The number of carbonyl (C=O) groups is 1. The van der Waals surface area contributed by atoms with Gasteiger partial charge in [-0.3, -0.25) is 4.79 Å². The standard InChI is InChI=1S/C40H48N2O7/c1-41-22-24-42(25-23-41)39(44)37(48-28-34-18-10-4-11-19-34)36(47-27-33-16-8-3-9-17-33)38(49-29-35-20-12-5-13-21-35)40(45,30-43)31-46-26-32-14-6-2-7-15-32/h2-21,36-38,43,45H,22-31H2,1H3/t36-,37-,38+,40+/m1/s1. The molecule has 9 nitrogen and oxygen atoms in total. The number of carbonyl (C=O) groups excluding carboxylic acids is 1. The first kappa shape index (κ1) is 36.4. The molecule has 1 amide bonds. The summed E-state index contributed by atoms with van der Waals surface area (Å²) in [4.78, 5) is 18.5. The second-order valence-corrected chi connectivity index (χ2v) is 12.6. The molecule has 1 saturated heterocycles. The van der Waals surface area contributed by atoms with Gasteiger partial charge in [0.05, 0.1) is 39.6 Å². The number of rotatable bonds is 18. The van der Waals surface area contributed by atoms with Gasteiger partial charge in [-0.1, -0.05) is 121 Å². The smallest absolute Gasteiger partial charge is 0.254 e. The molecule has 1 aliphatic heterocycles. The highest BCUT2D eigenvalue weighted by molar-refractivity contribution is 5.82. The van der Waals surface area contributed by atoms with Crippen molar-refractivity contribution in [2.24, 2.45) is 0 Å². The van der Waals surface area contributed by atoms with Gasteiger partial charge in [0.2, 0.25) is 0 Å². The summed E-state index contributed by atoms with van der Waals surface area (Å²) in [5.74, 6) is -0.263. The van der Waals surface area contributed by atoms with Crippen LogP contribution < -0.4 is 0 Å². The minimum absolute atomic E-state index is 0.0891. The molecule has 1 heterocycles. The Morgan fingerprint density at radius 3 is 1.55 bits per heavy atom. The minimum atomic E-state index is -1.97. The lowest BCUT2D eigenvalue weighted by atomic mass is 9.90. The van der Waals surface area contributed by atoms with Crippen molar-refractivity contribution < 1.29 is 34.0 Å². The van der Waals surface area contributed by atoms with E-state index in [4.69, 9.17) is 18.9 Å². The van der Waals surface area contributed by atoms with Crippen LogP contribution in [0.25, 0.3) is 0 Å². The van der Waals surface area contributed by atoms with Crippen molar-refractivity contribution >= 4 is 5.91 Å². The zero-order chi connectivity index (χ0) is 34.3. The van der Waals surface area contributed by atoms with E-state index in [0.29, 0.717) is 26.2 Å². The molecule has 260 valence electrons. The van der Waals surface area contributed by atoms with E-state index in [1.165, 1.54) is 0 Å². The van der Waals surface area contributed by atoms with Crippen LogP contribution >= 0.6 is 0 Å². The Morgan fingerprint density at radius 2 is 1.08 bits per heavy atom. The summed E-state index contributed by atoms with van der Waals surface area (Å²) < 4.78 is 25.7. The van der Waals surface area contributed by atoms with Gasteiger partial charge in [0.1, 0.15) is 17.8 Å². The molecule has 0 spiro atoms. The number of hydrogen-bond donors (Lipinski definition) is 2. The summed E-state index contributed by atoms with van der Waals surface area (Å²) in [6, 6.07) is 38.4. The third-order valence-electron chi connectivity index (χ3n) is 8.75.